The predicted molar refractivity (Wildman–Crippen MR) is 124 cm³/mol. The van der Waals surface area contributed by atoms with E-state index in [4.69, 9.17) is 4.74 Å². The highest BCUT2D eigenvalue weighted by atomic mass is 32.2. The van der Waals surface area contributed by atoms with Gasteiger partial charge in [0, 0.05) is 11.8 Å². The molecule has 4 aromatic rings. The van der Waals surface area contributed by atoms with Gasteiger partial charge >= 0.3 is 6.36 Å². The number of hydrogen-bond donors (Lipinski definition) is 2. The predicted octanol–water partition coefficient (Wildman–Crippen LogP) is 5.39. The smallest absolute Gasteiger partial charge is 0.497 e. The van der Waals surface area contributed by atoms with E-state index in [0.717, 1.165) is 29.8 Å². The lowest BCUT2D eigenvalue weighted by Crippen LogP contribution is -2.18. The molecule has 0 aliphatic rings. The topological polar surface area (TPSA) is 102 Å². The van der Waals surface area contributed by atoms with Crippen LogP contribution in [0.5, 0.6) is 11.5 Å². The van der Waals surface area contributed by atoms with Crippen LogP contribution >= 0.6 is 0 Å². The number of hydrogen-bond acceptors (Lipinski definition) is 7. The van der Waals surface area contributed by atoms with Crippen LogP contribution < -0.4 is 19.5 Å². The summed E-state index contributed by atoms with van der Waals surface area (Å²) in [5.41, 5.74) is 2.43. The van der Waals surface area contributed by atoms with Gasteiger partial charge in [0.25, 0.3) is 10.0 Å². The molecule has 0 saturated carbocycles. The van der Waals surface area contributed by atoms with Gasteiger partial charge in [-0.05, 0) is 61.0 Å². The number of anilines is 3. The average molecular weight is 504 g/mol. The van der Waals surface area contributed by atoms with E-state index in [1.165, 1.54) is 7.11 Å². The fourth-order valence-electron chi connectivity index (χ4n) is 3.24. The molecule has 0 fully saturated rings. The van der Waals surface area contributed by atoms with Crippen LogP contribution in [0.1, 0.15) is 5.56 Å². The van der Waals surface area contributed by atoms with Crippen LogP contribution in [0, 0.1) is 6.92 Å². The van der Waals surface area contributed by atoms with Gasteiger partial charge in [0.1, 0.15) is 11.5 Å². The molecule has 3 aromatic carbocycles. The van der Waals surface area contributed by atoms with E-state index in [2.05, 4.69) is 24.7 Å². The Bertz CT molecular complexity index is 1480. The minimum atomic E-state index is -4.89. The third kappa shape index (κ3) is 5.90. The highest BCUT2D eigenvalue weighted by Crippen LogP contribution is 2.30. The number of aryl methyl sites for hydroxylation is 1. The zero-order valence-corrected chi connectivity index (χ0v) is 19.2. The molecule has 0 radical (unpaired) electrons. The molecule has 0 bridgehead atoms. The van der Waals surface area contributed by atoms with Gasteiger partial charge in [0.05, 0.1) is 23.0 Å². The van der Waals surface area contributed by atoms with E-state index in [0.29, 0.717) is 22.5 Å². The summed E-state index contributed by atoms with van der Waals surface area (Å²) in [6.07, 6.45) is -4.89. The van der Waals surface area contributed by atoms with Crippen LogP contribution in [0.4, 0.5) is 30.5 Å². The van der Waals surface area contributed by atoms with E-state index >= 15 is 0 Å². The first-order valence-electron chi connectivity index (χ1n) is 10.1. The van der Waals surface area contributed by atoms with Gasteiger partial charge in [-0.25, -0.2) is 18.4 Å². The normalized spacial score (nSPS) is 11.8. The molecule has 0 unspecified atom stereocenters. The Morgan fingerprint density at radius 2 is 1.49 bits per heavy atom. The van der Waals surface area contributed by atoms with Gasteiger partial charge in [0.2, 0.25) is 0 Å². The summed E-state index contributed by atoms with van der Waals surface area (Å²) >= 11 is 0. The molecule has 35 heavy (non-hydrogen) atoms. The Hall–Kier alpha value is -4.06. The molecule has 0 aliphatic heterocycles. The lowest BCUT2D eigenvalue weighted by atomic mass is 10.2. The van der Waals surface area contributed by atoms with E-state index in [9.17, 15) is 21.6 Å². The highest BCUT2D eigenvalue weighted by molar-refractivity contribution is 7.92. The second-order valence-electron chi connectivity index (χ2n) is 7.40. The van der Waals surface area contributed by atoms with Crippen LogP contribution in [0.3, 0.4) is 0 Å². The van der Waals surface area contributed by atoms with Crippen LogP contribution in [-0.4, -0.2) is 31.9 Å². The Morgan fingerprint density at radius 1 is 0.857 bits per heavy atom. The standard InChI is InChI=1S/C23H19F3N4O4S/c1-14-11-15(13-17(12-14)33-2)27-21-22(29-20-6-4-3-5-19(20)28-21)30-35(31,32)18-9-7-16(8-10-18)34-23(24,25)26/h3-13H,1-2H3,(H,27,28)(H,29,30). The number of para-hydroxylation sites is 2. The first-order chi connectivity index (χ1) is 16.5. The molecule has 0 amide bonds. The summed E-state index contributed by atoms with van der Waals surface area (Å²) in [6.45, 7) is 1.87. The summed E-state index contributed by atoms with van der Waals surface area (Å²) < 4.78 is 74.7. The SMILES string of the molecule is COc1cc(C)cc(Nc2nc3ccccc3nc2NS(=O)(=O)c2ccc(OC(F)(F)F)cc2)c1. The monoisotopic (exact) mass is 504 g/mol. The van der Waals surface area contributed by atoms with E-state index in [1.54, 1.807) is 30.3 Å². The van der Waals surface area contributed by atoms with Gasteiger partial charge in [-0.2, -0.15) is 0 Å². The Morgan fingerprint density at radius 3 is 2.09 bits per heavy atom. The largest absolute Gasteiger partial charge is 0.573 e. The first-order valence-corrected chi connectivity index (χ1v) is 11.6. The van der Waals surface area contributed by atoms with Gasteiger partial charge in [-0.3, -0.25) is 4.72 Å². The fourth-order valence-corrected chi connectivity index (χ4v) is 4.25. The van der Waals surface area contributed by atoms with Crippen LogP contribution in [-0.2, 0) is 10.0 Å². The van der Waals surface area contributed by atoms with Crippen molar-refractivity contribution in [2.75, 3.05) is 17.1 Å². The number of nitrogens with one attached hydrogen (secondary N) is 2. The number of halogens is 3. The molecular weight excluding hydrogens is 485 g/mol. The lowest BCUT2D eigenvalue weighted by molar-refractivity contribution is -0.274. The molecule has 0 spiro atoms. The molecule has 182 valence electrons. The molecule has 0 saturated heterocycles. The van der Waals surface area contributed by atoms with Crippen molar-refractivity contribution in [3.05, 3.63) is 72.3 Å². The maximum absolute atomic E-state index is 13.0. The lowest BCUT2D eigenvalue weighted by Gasteiger charge is -2.15. The second kappa shape index (κ2) is 9.29. The maximum Gasteiger partial charge on any atom is 0.573 e. The minimum absolute atomic E-state index is 0.0974. The quantitative estimate of drug-likeness (QED) is 0.348. The van der Waals surface area contributed by atoms with Crippen molar-refractivity contribution < 1.29 is 31.1 Å². The van der Waals surface area contributed by atoms with E-state index in [-0.39, 0.29) is 16.5 Å². The number of nitrogens with zero attached hydrogens (tertiary/aromatic N) is 2. The fraction of sp³-hybridized carbons (Fsp3) is 0.130. The summed E-state index contributed by atoms with van der Waals surface area (Å²) in [7, 11) is -2.71. The van der Waals surface area contributed by atoms with Gasteiger partial charge in [-0.1, -0.05) is 12.1 Å². The van der Waals surface area contributed by atoms with Crippen molar-refractivity contribution in [3.8, 4) is 11.5 Å². The van der Waals surface area contributed by atoms with Crippen molar-refractivity contribution in [2.24, 2.45) is 0 Å². The highest BCUT2D eigenvalue weighted by Gasteiger charge is 2.31. The number of aromatic nitrogens is 2. The molecule has 1 heterocycles. The van der Waals surface area contributed by atoms with E-state index in [1.807, 2.05) is 19.1 Å². The van der Waals surface area contributed by atoms with Crippen molar-refractivity contribution in [1.82, 2.24) is 9.97 Å². The number of alkyl halides is 3. The minimum Gasteiger partial charge on any atom is -0.497 e. The van der Waals surface area contributed by atoms with Crippen molar-refractivity contribution in [1.29, 1.82) is 0 Å². The summed E-state index contributed by atoms with van der Waals surface area (Å²) in [4.78, 5) is 8.61. The van der Waals surface area contributed by atoms with Crippen molar-refractivity contribution in [2.45, 2.75) is 18.2 Å². The number of sulfonamides is 1. The van der Waals surface area contributed by atoms with Gasteiger partial charge in [-0.15, -0.1) is 13.2 Å². The van der Waals surface area contributed by atoms with Crippen molar-refractivity contribution in [3.63, 3.8) is 0 Å². The summed E-state index contributed by atoms with van der Waals surface area (Å²) in [5.74, 6) is 0.0685. The maximum atomic E-state index is 13.0. The zero-order chi connectivity index (χ0) is 25.2. The Kier molecular flexibility index (Phi) is 6.39. The van der Waals surface area contributed by atoms with Crippen LogP contribution in [0.15, 0.2) is 71.6 Å². The van der Waals surface area contributed by atoms with Gasteiger partial charge < -0.3 is 14.8 Å². The zero-order valence-electron chi connectivity index (χ0n) is 18.4. The van der Waals surface area contributed by atoms with Crippen LogP contribution in [0.2, 0.25) is 0 Å². The van der Waals surface area contributed by atoms with Crippen molar-refractivity contribution >= 4 is 38.4 Å². The molecule has 8 nitrogen and oxygen atoms in total. The van der Waals surface area contributed by atoms with Crippen LogP contribution in [0.25, 0.3) is 11.0 Å². The number of ether oxygens (including phenoxy) is 2. The number of rotatable bonds is 7. The molecule has 0 aliphatic carbocycles. The number of methoxy groups -OCH3 is 1. The summed E-state index contributed by atoms with van der Waals surface area (Å²) in [6, 6.07) is 16.1. The Labute approximate surface area is 198 Å². The molecule has 1 aromatic heterocycles. The average Bonchev–Trinajstić information content (AvgIpc) is 2.78. The molecule has 12 heteroatoms. The third-order valence-corrected chi connectivity index (χ3v) is 6.07. The van der Waals surface area contributed by atoms with E-state index < -0.39 is 22.1 Å². The Balaban J connectivity index is 1.70. The number of fused-ring (bicyclic) bond motifs is 1. The molecule has 4 rings (SSSR count). The summed E-state index contributed by atoms with van der Waals surface area (Å²) in [5, 5.41) is 3.06. The van der Waals surface area contributed by atoms with Gasteiger partial charge in [0.15, 0.2) is 11.6 Å². The molecular formula is C23H19F3N4O4S. The second-order valence-corrected chi connectivity index (χ2v) is 9.08. The molecule has 2 N–H and O–H groups in total. The third-order valence-electron chi connectivity index (χ3n) is 4.72. The molecule has 0 atom stereocenters. The first kappa shape index (κ1) is 24.1. The number of benzene rings is 3.